The van der Waals surface area contributed by atoms with Crippen LogP contribution in [0.5, 0.6) is 5.75 Å². The third-order valence-corrected chi connectivity index (χ3v) is 6.14. The zero-order valence-electron chi connectivity index (χ0n) is 16.6. The second kappa shape index (κ2) is 6.96. The minimum Gasteiger partial charge on any atom is -0.496 e. The molecule has 146 valence electrons. The summed E-state index contributed by atoms with van der Waals surface area (Å²) in [6.07, 6.45) is 5.60. The van der Waals surface area contributed by atoms with Crippen LogP contribution in [0, 0.1) is 5.92 Å². The molecule has 0 aromatic heterocycles. The van der Waals surface area contributed by atoms with Crippen molar-refractivity contribution in [1.82, 2.24) is 0 Å². The van der Waals surface area contributed by atoms with Gasteiger partial charge in [-0.25, -0.2) is 0 Å². The van der Waals surface area contributed by atoms with Crippen molar-refractivity contribution in [3.05, 3.63) is 77.9 Å². The van der Waals surface area contributed by atoms with Gasteiger partial charge in [-0.3, -0.25) is 4.79 Å². The number of amides is 1. The van der Waals surface area contributed by atoms with Gasteiger partial charge in [0.25, 0.3) is 0 Å². The average molecular weight is 384 g/mol. The molecular weight excluding hydrogens is 360 g/mol. The summed E-state index contributed by atoms with van der Waals surface area (Å²) in [5, 5.41) is 9.16. The summed E-state index contributed by atoms with van der Waals surface area (Å²) in [5.74, 6) is 1.58. The van der Waals surface area contributed by atoms with E-state index in [4.69, 9.17) is 4.74 Å². The Morgan fingerprint density at radius 3 is 2.83 bits per heavy atom. The standard InChI is InChI=1S/C25H24N2O2/c1-15(28)26-17-11-12-22-21(14-17)19-8-5-9-20(19)25(27-22)24-18-7-4-3-6-16(18)10-13-23(24)29-2/h3-8,10-14,19-20,25,27H,9H2,1-2H3,(H,26,28). The van der Waals surface area contributed by atoms with Crippen LogP contribution in [0.25, 0.3) is 10.8 Å². The molecule has 1 aliphatic heterocycles. The van der Waals surface area contributed by atoms with Crippen molar-refractivity contribution < 1.29 is 9.53 Å². The number of anilines is 2. The zero-order valence-corrected chi connectivity index (χ0v) is 16.6. The van der Waals surface area contributed by atoms with Crippen molar-refractivity contribution in [1.29, 1.82) is 0 Å². The predicted octanol–water partition coefficient (Wildman–Crippen LogP) is 5.63. The van der Waals surface area contributed by atoms with Crippen LogP contribution in [0.4, 0.5) is 11.4 Å². The number of nitrogens with one attached hydrogen (secondary N) is 2. The van der Waals surface area contributed by atoms with E-state index in [1.807, 2.05) is 6.07 Å². The Hall–Kier alpha value is -3.27. The first-order chi connectivity index (χ1) is 14.2. The zero-order chi connectivity index (χ0) is 20.0. The Labute approximate surface area is 170 Å². The quantitative estimate of drug-likeness (QED) is 0.575. The molecule has 0 bridgehead atoms. The number of allylic oxidation sites excluding steroid dienone is 2. The molecule has 5 rings (SSSR count). The van der Waals surface area contributed by atoms with E-state index in [9.17, 15) is 4.79 Å². The van der Waals surface area contributed by atoms with Gasteiger partial charge in [0.05, 0.1) is 13.2 Å². The van der Waals surface area contributed by atoms with E-state index in [0.29, 0.717) is 11.8 Å². The molecule has 0 fully saturated rings. The Bertz CT molecular complexity index is 1130. The molecule has 0 saturated carbocycles. The van der Waals surface area contributed by atoms with Crippen LogP contribution in [-0.2, 0) is 4.79 Å². The maximum atomic E-state index is 11.5. The van der Waals surface area contributed by atoms with Gasteiger partial charge in [-0.15, -0.1) is 0 Å². The van der Waals surface area contributed by atoms with Gasteiger partial charge in [0, 0.05) is 29.8 Å². The molecule has 29 heavy (non-hydrogen) atoms. The highest BCUT2D eigenvalue weighted by molar-refractivity contribution is 5.90. The van der Waals surface area contributed by atoms with Gasteiger partial charge in [0.1, 0.15) is 5.75 Å². The topological polar surface area (TPSA) is 50.4 Å². The summed E-state index contributed by atoms with van der Waals surface area (Å²) in [6, 6.07) is 19.0. The Morgan fingerprint density at radius 2 is 2.00 bits per heavy atom. The molecule has 3 atom stereocenters. The maximum absolute atomic E-state index is 11.5. The number of hydrogen-bond acceptors (Lipinski definition) is 3. The first-order valence-corrected chi connectivity index (χ1v) is 10.1. The molecule has 0 spiro atoms. The number of methoxy groups -OCH3 is 1. The molecule has 0 radical (unpaired) electrons. The van der Waals surface area contributed by atoms with Gasteiger partial charge in [-0.05, 0) is 52.9 Å². The van der Waals surface area contributed by atoms with E-state index < -0.39 is 0 Å². The molecule has 3 aromatic rings. The van der Waals surface area contributed by atoms with E-state index in [1.165, 1.54) is 21.9 Å². The predicted molar refractivity (Wildman–Crippen MR) is 118 cm³/mol. The number of benzene rings is 3. The van der Waals surface area contributed by atoms with Crippen LogP contribution in [0.1, 0.15) is 36.4 Å². The molecule has 2 aliphatic rings. The number of carbonyl (C=O) groups is 1. The lowest BCUT2D eigenvalue weighted by Crippen LogP contribution is -2.29. The van der Waals surface area contributed by atoms with Crippen LogP contribution < -0.4 is 15.4 Å². The van der Waals surface area contributed by atoms with Gasteiger partial charge < -0.3 is 15.4 Å². The van der Waals surface area contributed by atoms with Crippen LogP contribution in [0.15, 0.2) is 66.7 Å². The minimum atomic E-state index is -0.0504. The van der Waals surface area contributed by atoms with Gasteiger partial charge >= 0.3 is 0 Å². The number of ether oxygens (including phenoxy) is 1. The van der Waals surface area contributed by atoms with E-state index in [0.717, 1.165) is 23.5 Å². The first kappa shape index (κ1) is 17.8. The fraction of sp³-hybridized carbons (Fsp3) is 0.240. The third kappa shape index (κ3) is 2.96. The summed E-state index contributed by atoms with van der Waals surface area (Å²) in [4.78, 5) is 11.5. The highest BCUT2D eigenvalue weighted by Gasteiger charge is 2.39. The second-order valence-electron chi connectivity index (χ2n) is 7.86. The molecule has 3 aromatic carbocycles. The molecule has 1 aliphatic carbocycles. The Morgan fingerprint density at radius 1 is 1.14 bits per heavy atom. The van der Waals surface area contributed by atoms with Gasteiger partial charge in [-0.2, -0.15) is 0 Å². The lowest BCUT2D eigenvalue weighted by molar-refractivity contribution is -0.114. The maximum Gasteiger partial charge on any atom is 0.221 e. The van der Waals surface area contributed by atoms with Crippen molar-refractivity contribution >= 4 is 28.1 Å². The van der Waals surface area contributed by atoms with Crippen molar-refractivity contribution in [2.75, 3.05) is 17.7 Å². The number of rotatable bonds is 3. The fourth-order valence-corrected chi connectivity index (χ4v) is 4.94. The van der Waals surface area contributed by atoms with Crippen LogP contribution >= 0.6 is 0 Å². The fourth-order valence-electron chi connectivity index (χ4n) is 4.94. The van der Waals surface area contributed by atoms with Crippen LogP contribution in [-0.4, -0.2) is 13.0 Å². The Kier molecular flexibility index (Phi) is 4.27. The summed E-state index contributed by atoms with van der Waals surface area (Å²) in [7, 11) is 1.74. The molecule has 4 nitrogen and oxygen atoms in total. The first-order valence-electron chi connectivity index (χ1n) is 10.1. The molecule has 4 heteroatoms. The van der Waals surface area contributed by atoms with Crippen molar-refractivity contribution in [2.45, 2.75) is 25.3 Å². The largest absolute Gasteiger partial charge is 0.496 e. The lowest BCUT2D eigenvalue weighted by Gasteiger charge is -2.38. The summed E-state index contributed by atoms with van der Waals surface area (Å²) in [6.45, 7) is 1.54. The number of hydrogen-bond donors (Lipinski definition) is 2. The molecule has 1 heterocycles. The van der Waals surface area contributed by atoms with E-state index in [2.05, 4.69) is 71.3 Å². The smallest absolute Gasteiger partial charge is 0.221 e. The summed E-state index contributed by atoms with van der Waals surface area (Å²) in [5.41, 5.74) is 4.43. The SMILES string of the molecule is COc1ccc2ccccc2c1C1Nc2ccc(NC(C)=O)cc2C2C=CCC21. The molecule has 3 unspecified atom stereocenters. The van der Waals surface area contributed by atoms with Crippen LogP contribution in [0.2, 0.25) is 0 Å². The van der Waals surface area contributed by atoms with Gasteiger partial charge in [-0.1, -0.05) is 42.5 Å². The summed E-state index contributed by atoms with van der Waals surface area (Å²) < 4.78 is 5.80. The molecular formula is C25H24N2O2. The van der Waals surface area contributed by atoms with Crippen LogP contribution in [0.3, 0.4) is 0 Å². The van der Waals surface area contributed by atoms with Gasteiger partial charge in [0.15, 0.2) is 0 Å². The third-order valence-electron chi connectivity index (χ3n) is 6.14. The molecule has 1 amide bonds. The molecule has 0 saturated heterocycles. The van der Waals surface area contributed by atoms with E-state index in [1.54, 1.807) is 14.0 Å². The number of fused-ring (bicyclic) bond motifs is 4. The van der Waals surface area contributed by atoms with Crippen molar-refractivity contribution in [3.63, 3.8) is 0 Å². The minimum absolute atomic E-state index is 0.0504. The highest BCUT2D eigenvalue weighted by atomic mass is 16.5. The highest BCUT2D eigenvalue weighted by Crippen LogP contribution is 2.52. The summed E-state index contributed by atoms with van der Waals surface area (Å²) >= 11 is 0. The Balaban J connectivity index is 1.64. The van der Waals surface area contributed by atoms with E-state index >= 15 is 0 Å². The second-order valence-corrected chi connectivity index (χ2v) is 7.86. The van der Waals surface area contributed by atoms with Gasteiger partial charge in [0.2, 0.25) is 5.91 Å². The van der Waals surface area contributed by atoms with Crippen molar-refractivity contribution in [2.24, 2.45) is 5.92 Å². The monoisotopic (exact) mass is 384 g/mol. The van der Waals surface area contributed by atoms with Crippen molar-refractivity contribution in [3.8, 4) is 5.75 Å². The van der Waals surface area contributed by atoms with E-state index in [-0.39, 0.29) is 11.9 Å². The number of carbonyl (C=O) groups excluding carboxylic acids is 1. The normalized spacial score (nSPS) is 21.9. The average Bonchev–Trinajstić information content (AvgIpc) is 3.22. The molecule has 2 N–H and O–H groups in total. The lowest BCUT2D eigenvalue weighted by atomic mass is 9.76.